The second-order valence-electron chi connectivity index (χ2n) is 6.45. The van der Waals surface area contributed by atoms with Crippen LogP contribution in [0.5, 0.6) is 0 Å². The summed E-state index contributed by atoms with van der Waals surface area (Å²) in [6.07, 6.45) is 15.6. The number of carboxylic acid groups (broad SMARTS) is 1. The Morgan fingerprint density at radius 1 is 0.870 bits per heavy atom. The predicted molar refractivity (Wildman–Crippen MR) is 108 cm³/mol. The topological polar surface area (TPSA) is 37.3 Å². The highest BCUT2D eigenvalue weighted by molar-refractivity contribution is 9.12. The molecule has 0 amide bonds. The first kappa shape index (κ1) is 23.2. The second kappa shape index (κ2) is 15.7. The van der Waals surface area contributed by atoms with Gasteiger partial charge in [0.2, 0.25) is 0 Å². The first-order chi connectivity index (χ1) is 11.0. The molecule has 0 fully saturated rings. The van der Waals surface area contributed by atoms with Gasteiger partial charge in [0, 0.05) is 15.2 Å². The van der Waals surface area contributed by atoms with Crippen LogP contribution in [0.3, 0.4) is 0 Å². The number of carboxylic acids is 1. The third kappa shape index (κ3) is 14.2. The van der Waals surface area contributed by atoms with E-state index in [0.29, 0.717) is 21.6 Å². The third-order valence-electron chi connectivity index (χ3n) is 4.24. The van der Waals surface area contributed by atoms with Gasteiger partial charge >= 0.3 is 5.97 Å². The molecule has 0 aromatic rings. The Bertz CT molecular complexity index is 318. The van der Waals surface area contributed by atoms with Crippen molar-refractivity contribution in [1.82, 2.24) is 0 Å². The van der Waals surface area contributed by atoms with Gasteiger partial charge in [-0.1, -0.05) is 103 Å². The van der Waals surface area contributed by atoms with Crippen molar-refractivity contribution in [3.8, 4) is 0 Å². The largest absolute Gasteiger partial charge is 0.478 e. The summed E-state index contributed by atoms with van der Waals surface area (Å²) in [7, 11) is 0. The van der Waals surface area contributed by atoms with Crippen molar-refractivity contribution in [2.45, 2.75) is 100 Å². The highest BCUT2D eigenvalue weighted by Gasteiger charge is 2.14. The molecule has 0 aliphatic rings. The average molecular weight is 454 g/mol. The lowest BCUT2D eigenvalue weighted by Gasteiger charge is -2.16. The minimum absolute atomic E-state index is 0.336. The van der Waals surface area contributed by atoms with Gasteiger partial charge in [-0.3, -0.25) is 0 Å². The van der Waals surface area contributed by atoms with Crippen LogP contribution in [0.4, 0.5) is 0 Å². The number of alkyl halides is 2. The normalized spacial score (nSPS) is 13.7. The number of rotatable bonds is 16. The van der Waals surface area contributed by atoms with Gasteiger partial charge in [0.1, 0.15) is 0 Å². The Hall–Kier alpha value is 0.170. The summed E-state index contributed by atoms with van der Waals surface area (Å²) in [6.45, 7) is 5.82. The van der Waals surface area contributed by atoms with Gasteiger partial charge in [-0.2, -0.15) is 0 Å². The molecule has 0 saturated carbocycles. The third-order valence-corrected chi connectivity index (χ3v) is 7.14. The van der Waals surface area contributed by atoms with Crippen LogP contribution >= 0.6 is 31.9 Å². The summed E-state index contributed by atoms with van der Waals surface area (Å²) in [5, 5.41) is 8.74. The van der Waals surface area contributed by atoms with E-state index in [0.717, 1.165) is 12.8 Å². The van der Waals surface area contributed by atoms with Gasteiger partial charge < -0.3 is 5.11 Å². The molecule has 0 saturated heterocycles. The van der Waals surface area contributed by atoms with E-state index < -0.39 is 5.97 Å². The number of carbonyl (C=O) groups is 1. The maximum atomic E-state index is 10.6. The molecule has 0 bridgehead atoms. The fourth-order valence-electron chi connectivity index (χ4n) is 2.62. The average Bonchev–Trinajstić information content (AvgIpc) is 2.53. The van der Waals surface area contributed by atoms with Crippen molar-refractivity contribution in [3.63, 3.8) is 0 Å². The highest BCUT2D eigenvalue weighted by atomic mass is 79.9. The van der Waals surface area contributed by atoms with E-state index in [-0.39, 0.29) is 0 Å². The van der Waals surface area contributed by atoms with E-state index in [1.807, 2.05) is 0 Å². The van der Waals surface area contributed by atoms with E-state index in [1.54, 1.807) is 0 Å². The van der Waals surface area contributed by atoms with Crippen molar-refractivity contribution in [1.29, 1.82) is 0 Å². The molecule has 0 spiro atoms. The Kier molecular flexibility index (Phi) is 15.8. The van der Waals surface area contributed by atoms with E-state index in [9.17, 15) is 4.79 Å². The van der Waals surface area contributed by atoms with E-state index in [2.05, 4.69) is 45.4 Å². The Morgan fingerprint density at radius 2 is 1.30 bits per heavy atom. The maximum Gasteiger partial charge on any atom is 0.330 e. The molecule has 0 radical (unpaired) electrons. The molecular formula is C19H34Br2O2. The van der Waals surface area contributed by atoms with E-state index in [4.69, 9.17) is 5.11 Å². The molecule has 23 heavy (non-hydrogen) atoms. The fraction of sp³-hybridized carbons (Fsp3) is 0.842. The van der Waals surface area contributed by atoms with Crippen LogP contribution in [-0.4, -0.2) is 20.7 Å². The van der Waals surface area contributed by atoms with Crippen molar-refractivity contribution in [2.24, 2.45) is 0 Å². The number of aliphatic carboxylic acids is 1. The highest BCUT2D eigenvalue weighted by Crippen LogP contribution is 2.25. The van der Waals surface area contributed by atoms with E-state index in [1.165, 1.54) is 64.2 Å². The lowest BCUT2D eigenvalue weighted by atomic mass is 10.0. The van der Waals surface area contributed by atoms with Crippen molar-refractivity contribution < 1.29 is 9.90 Å². The van der Waals surface area contributed by atoms with Gasteiger partial charge in [0.25, 0.3) is 0 Å². The molecule has 136 valence electrons. The Labute approximate surface area is 159 Å². The number of halogens is 2. The summed E-state index contributed by atoms with van der Waals surface area (Å²) in [5.41, 5.74) is 0.336. The lowest BCUT2D eigenvalue weighted by molar-refractivity contribution is -0.132. The summed E-state index contributed by atoms with van der Waals surface area (Å²) >= 11 is 7.63. The van der Waals surface area contributed by atoms with Crippen molar-refractivity contribution in [3.05, 3.63) is 12.2 Å². The van der Waals surface area contributed by atoms with E-state index >= 15 is 0 Å². The molecule has 0 rings (SSSR count). The molecule has 2 atom stereocenters. The Morgan fingerprint density at radius 3 is 1.78 bits per heavy atom. The van der Waals surface area contributed by atoms with Crippen molar-refractivity contribution >= 4 is 37.8 Å². The first-order valence-electron chi connectivity index (χ1n) is 9.18. The van der Waals surface area contributed by atoms with Gasteiger partial charge in [0.15, 0.2) is 0 Å². The molecule has 2 nitrogen and oxygen atoms in total. The van der Waals surface area contributed by atoms with Gasteiger partial charge in [0.05, 0.1) is 0 Å². The quantitative estimate of drug-likeness (QED) is 0.152. The summed E-state index contributed by atoms with van der Waals surface area (Å²) < 4.78 is 0. The molecule has 0 heterocycles. The zero-order valence-electron chi connectivity index (χ0n) is 14.7. The van der Waals surface area contributed by atoms with Crippen LogP contribution in [0.1, 0.15) is 90.4 Å². The molecule has 2 unspecified atom stereocenters. The van der Waals surface area contributed by atoms with Crippen molar-refractivity contribution in [2.75, 3.05) is 0 Å². The minimum Gasteiger partial charge on any atom is -0.478 e. The Balaban J connectivity index is 3.48. The van der Waals surface area contributed by atoms with Crippen LogP contribution in [-0.2, 0) is 4.79 Å². The van der Waals surface area contributed by atoms with Gasteiger partial charge in [-0.25, -0.2) is 4.79 Å². The monoisotopic (exact) mass is 452 g/mol. The zero-order valence-corrected chi connectivity index (χ0v) is 17.8. The van der Waals surface area contributed by atoms with Gasteiger partial charge in [-0.05, 0) is 25.7 Å². The fourth-order valence-corrected chi connectivity index (χ4v) is 3.80. The van der Waals surface area contributed by atoms with Crippen LogP contribution in [0, 0.1) is 0 Å². The second-order valence-corrected chi connectivity index (χ2v) is 8.80. The molecule has 0 aromatic carbocycles. The number of hydrogen-bond acceptors (Lipinski definition) is 1. The van der Waals surface area contributed by atoms with Crippen LogP contribution in [0.15, 0.2) is 12.2 Å². The summed E-state index contributed by atoms with van der Waals surface area (Å²) in [5.74, 6) is -0.859. The molecule has 0 aromatic heterocycles. The summed E-state index contributed by atoms with van der Waals surface area (Å²) in [6, 6.07) is 0. The van der Waals surface area contributed by atoms with Crippen LogP contribution < -0.4 is 0 Å². The zero-order chi connectivity index (χ0) is 17.5. The summed E-state index contributed by atoms with van der Waals surface area (Å²) in [4.78, 5) is 11.8. The number of unbranched alkanes of at least 4 members (excludes halogenated alkanes) is 8. The molecule has 4 heteroatoms. The molecular weight excluding hydrogens is 420 g/mol. The smallest absolute Gasteiger partial charge is 0.330 e. The standard InChI is InChI=1S/C19H34Br2O2/c1-3-4-5-6-7-11-14-17(20)18(21)15-12-9-8-10-13-16(2)19(22)23/h17-18H,2-15H2,1H3,(H,22,23). The molecule has 1 N–H and O–H groups in total. The van der Waals surface area contributed by atoms with Crippen LogP contribution in [0.2, 0.25) is 0 Å². The maximum absolute atomic E-state index is 10.6. The predicted octanol–water partition coefficient (Wildman–Crippen LogP) is 7.25. The van der Waals surface area contributed by atoms with Crippen LogP contribution in [0.25, 0.3) is 0 Å². The molecule has 0 aliphatic heterocycles. The lowest BCUT2D eigenvalue weighted by Crippen LogP contribution is -2.13. The molecule has 0 aliphatic carbocycles. The number of hydrogen-bond donors (Lipinski definition) is 1. The SMILES string of the molecule is C=C(CCCCCCC(Br)C(Br)CCCCCCCC)C(=O)O. The minimum atomic E-state index is -0.859. The van der Waals surface area contributed by atoms with Gasteiger partial charge in [-0.15, -0.1) is 0 Å². The first-order valence-corrected chi connectivity index (χ1v) is 11.0.